The number of halogens is 3. The fourth-order valence-corrected chi connectivity index (χ4v) is 2.45. The van der Waals surface area contributed by atoms with E-state index in [2.05, 4.69) is 4.90 Å². The number of benzene rings is 1. The summed E-state index contributed by atoms with van der Waals surface area (Å²) in [6.07, 6.45) is -4.51. The van der Waals surface area contributed by atoms with Crippen molar-refractivity contribution >= 4 is 18.3 Å². The van der Waals surface area contributed by atoms with E-state index in [1.807, 2.05) is 11.8 Å². The first-order valence-corrected chi connectivity index (χ1v) is 6.87. The molecule has 8 heteroatoms. The van der Waals surface area contributed by atoms with Gasteiger partial charge in [0.15, 0.2) is 0 Å². The molecule has 1 aromatic rings. The Morgan fingerprint density at radius 2 is 1.71 bits per heavy atom. The topological polar surface area (TPSA) is 46.9 Å². The lowest BCUT2D eigenvalue weighted by Gasteiger charge is -2.36. The lowest BCUT2D eigenvalue weighted by Crippen LogP contribution is -2.46. The fourth-order valence-electron chi connectivity index (χ4n) is 2.45. The molecule has 0 unspecified atom stereocenters. The lowest BCUT2D eigenvalue weighted by molar-refractivity contribution is -0.137. The molecule has 2 rings (SSSR count). The monoisotopic (exact) mass is 302 g/mol. The van der Waals surface area contributed by atoms with Gasteiger partial charge in [0, 0.05) is 31.9 Å². The Balaban J connectivity index is 2.28. The molecule has 0 saturated carbocycles. The van der Waals surface area contributed by atoms with E-state index in [1.54, 1.807) is 0 Å². The van der Waals surface area contributed by atoms with Gasteiger partial charge < -0.3 is 19.8 Å². The van der Waals surface area contributed by atoms with E-state index in [4.69, 9.17) is 0 Å². The minimum absolute atomic E-state index is 0.141. The van der Waals surface area contributed by atoms with Gasteiger partial charge in [-0.3, -0.25) is 0 Å². The van der Waals surface area contributed by atoms with Crippen molar-refractivity contribution in [1.82, 2.24) is 4.90 Å². The van der Waals surface area contributed by atoms with Crippen LogP contribution in [0.4, 0.5) is 18.9 Å². The highest BCUT2D eigenvalue weighted by atomic mass is 19.4. The van der Waals surface area contributed by atoms with Crippen molar-refractivity contribution in [3.05, 3.63) is 23.8 Å². The molecule has 0 aliphatic carbocycles. The quantitative estimate of drug-likeness (QED) is 0.800. The summed E-state index contributed by atoms with van der Waals surface area (Å²) >= 11 is 0. The Hall–Kier alpha value is -1.25. The van der Waals surface area contributed by atoms with E-state index >= 15 is 0 Å². The van der Waals surface area contributed by atoms with Gasteiger partial charge in [-0.05, 0) is 24.1 Å². The molecule has 1 aromatic carbocycles. The molecule has 2 N–H and O–H groups in total. The molecule has 1 aliphatic rings. The van der Waals surface area contributed by atoms with Gasteiger partial charge in [0.1, 0.15) is 0 Å². The number of anilines is 1. The van der Waals surface area contributed by atoms with E-state index in [0.717, 1.165) is 31.8 Å². The molecule has 1 fully saturated rings. The third-order valence-electron chi connectivity index (χ3n) is 3.75. The zero-order valence-electron chi connectivity index (χ0n) is 11.8. The summed E-state index contributed by atoms with van der Waals surface area (Å²) in [6.45, 7) is 5.76. The van der Waals surface area contributed by atoms with Gasteiger partial charge in [-0.1, -0.05) is 13.0 Å². The lowest BCUT2D eigenvalue weighted by atomic mass is 9.79. The van der Waals surface area contributed by atoms with Crippen LogP contribution < -0.4 is 10.4 Å². The second-order valence-corrected chi connectivity index (χ2v) is 5.11. The minimum Gasteiger partial charge on any atom is -0.423 e. The highest BCUT2D eigenvalue weighted by Crippen LogP contribution is 2.31. The van der Waals surface area contributed by atoms with E-state index < -0.39 is 18.9 Å². The van der Waals surface area contributed by atoms with Crippen molar-refractivity contribution in [3.63, 3.8) is 0 Å². The van der Waals surface area contributed by atoms with Crippen LogP contribution >= 0.6 is 0 Å². The predicted octanol–water partition coefficient (Wildman–Crippen LogP) is 0.527. The van der Waals surface area contributed by atoms with Gasteiger partial charge in [0.05, 0.1) is 5.56 Å². The highest BCUT2D eigenvalue weighted by Gasteiger charge is 2.33. The maximum absolute atomic E-state index is 12.9. The molecule has 4 nitrogen and oxygen atoms in total. The summed E-state index contributed by atoms with van der Waals surface area (Å²) in [7, 11) is -1.91. The summed E-state index contributed by atoms with van der Waals surface area (Å²) in [5.41, 5.74) is -0.623. The average molecular weight is 302 g/mol. The van der Waals surface area contributed by atoms with Crippen molar-refractivity contribution in [3.8, 4) is 0 Å². The van der Waals surface area contributed by atoms with Crippen LogP contribution in [0.3, 0.4) is 0 Å². The van der Waals surface area contributed by atoms with Crippen molar-refractivity contribution in [2.75, 3.05) is 37.6 Å². The summed E-state index contributed by atoms with van der Waals surface area (Å²) in [5, 5.41) is 18.4. The van der Waals surface area contributed by atoms with E-state index in [9.17, 15) is 23.2 Å². The van der Waals surface area contributed by atoms with E-state index in [-0.39, 0.29) is 5.46 Å². The Bertz CT molecular complexity index is 489. The maximum Gasteiger partial charge on any atom is 0.488 e. The number of hydrogen-bond donors (Lipinski definition) is 2. The van der Waals surface area contributed by atoms with Gasteiger partial charge in [0.2, 0.25) is 0 Å². The van der Waals surface area contributed by atoms with Gasteiger partial charge in [0.25, 0.3) is 0 Å². The summed E-state index contributed by atoms with van der Waals surface area (Å²) < 4.78 is 38.7. The van der Waals surface area contributed by atoms with Crippen LogP contribution in [0.25, 0.3) is 0 Å². The van der Waals surface area contributed by atoms with Gasteiger partial charge in [-0.2, -0.15) is 13.2 Å². The first-order chi connectivity index (χ1) is 9.81. The summed E-state index contributed by atoms with van der Waals surface area (Å²) in [5.74, 6) is 0. The molecule has 0 bridgehead atoms. The van der Waals surface area contributed by atoms with Crippen molar-refractivity contribution in [2.45, 2.75) is 13.1 Å². The molecule has 0 aromatic heterocycles. The third kappa shape index (κ3) is 3.90. The number of rotatable bonds is 3. The molecule has 21 heavy (non-hydrogen) atoms. The Kier molecular flexibility index (Phi) is 4.80. The molecule has 1 aliphatic heterocycles. The molecule has 1 saturated heterocycles. The van der Waals surface area contributed by atoms with Crippen LogP contribution in [-0.2, 0) is 6.18 Å². The zero-order valence-corrected chi connectivity index (χ0v) is 11.8. The third-order valence-corrected chi connectivity index (χ3v) is 3.75. The molecule has 0 atom stereocenters. The second-order valence-electron chi connectivity index (χ2n) is 5.11. The van der Waals surface area contributed by atoms with Crippen LogP contribution in [-0.4, -0.2) is 54.8 Å². The minimum atomic E-state index is -4.51. The summed E-state index contributed by atoms with van der Waals surface area (Å²) in [6, 6.07) is 3.24. The van der Waals surface area contributed by atoms with Gasteiger partial charge >= 0.3 is 13.3 Å². The fraction of sp³-hybridized carbons (Fsp3) is 0.538. The zero-order chi connectivity index (χ0) is 15.6. The Morgan fingerprint density at radius 1 is 1.10 bits per heavy atom. The number of alkyl halides is 3. The normalized spacial score (nSPS) is 17.1. The Labute approximate surface area is 121 Å². The number of hydrogen-bond acceptors (Lipinski definition) is 4. The second kappa shape index (κ2) is 6.25. The Morgan fingerprint density at radius 3 is 2.19 bits per heavy atom. The largest absolute Gasteiger partial charge is 0.488 e. The van der Waals surface area contributed by atoms with Crippen LogP contribution in [0.15, 0.2) is 18.2 Å². The van der Waals surface area contributed by atoms with Crippen LogP contribution in [0.2, 0.25) is 0 Å². The number of piperazine rings is 1. The SMILES string of the molecule is CCN1CCN(c2cc(B(O)O)cc(C(F)(F)F)c2)CC1. The maximum atomic E-state index is 12.9. The van der Waals surface area contributed by atoms with Gasteiger partial charge in [-0.25, -0.2) is 0 Å². The van der Waals surface area contributed by atoms with Gasteiger partial charge in [-0.15, -0.1) is 0 Å². The van der Waals surface area contributed by atoms with Crippen molar-refractivity contribution < 1.29 is 23.2 Å². The first-order valence-electron chi connectivity index (χ1n) is 6.87. The molecule has 0 spiro atoms. The number of nitrogens with zero attached hydrogens (tertiary/aromatic N) is 2. The molecular weight excluding hydrogens is 284 g/mol. The van der Waals surface area contributed by atoms with Crippen LogP contribution in [0.1, 0.15) is 12.5 Å². The number of likely N-dealkylation sites (N-methyl/N-ethyl adjacent to an activating group) is 1. The molecule has 1 heterocycles. The molecule has 0 amide bonds. The smallest absolute Gasteiger partial charge is 0.423 e. The van der Waals surface area contributed by atoms with E-state index in [0.29, 0.717) is 18.8 Å². The predicted molar refractivity (Wildman–Crippen MR) is 75.6 cm³/mol. The van der Waals surface area contributed by atoms with Crippen molar-refractivity contribution in [2.24, 2.45) is 0 Å². The van der Waals surface area contributed by atoms with Crippen molar-refractivity contribution in [1.29, 1.82) is 0 Å². The standard InChI is InChI=1S/C13H18BF3N2O2/c1-2-18-3-5-19(6-4-18)12-8-10(13(15,16)17)7-11(9-12)14(20)21/h7-9,20-21H,2-6H2,1H3. The van der Waals surface area contributed by atoms with Crippen LogP contribution in [0, 0.1) is 0 Å². The molecule has 116 valence electrons. The highest BCUT2D eigenvalue weighted by molar-refractivity contribution is 6.58. The summed E-state index contributed by atoms with van der Waals surface area (Å²) in [4.78, 5) is 4.05. The average Bonchev–Trinajstić information content (AvgIpc) is 2.46. The molecule has 0 radical (unpaired) electrons. The van der Waals surface area contributed by atoms with E-state index in [1.165, 1.54) is 6.07 Å². The molecular formula is C13H18BF3N2O2. The van der Waals surface area contributed by atoms with Crippen LogP contribution in [0.5, 0.6) is 0 Å². The first kappa shape index (κ1) is 16.1.